The number of aryl methyl sites for hydroxylation is 1. The molecular formula is C25H39N3O4. The first kappa shape index (κ1) is 25.7. The fourth-order valence-electron chi connectivity index (χ4n) is 3.78. The van der Waals surface area contributed by atoms with Gasteiger partial charge in [0.05, 0.1) is 0 Å². The maximum Gasteiger partial charge on any atom is 0.408 e. The lowest BCUT2D eigenvalue weighted by atomic mass is 9.97. The summed E-state index contributed by atoms with van der Waals surface area (Å²) in [5.74, 6) is -0.477. The van der Waals surface area contributed by atoms with E-state index in [1.54, 1.807) is 32.6 Å². The van der Waals surface area contributed by atoms with Crippen LogP contribution in [0.15, 0.2) is 24.3 Å². The van der Waals surface area contributed by atoms with Crippen LogP contribution in [-0.2, 0) is 14.3 Å². The van der Waals surface area contributed by atoms with Crippen LogP contribution in [0.1, 0.15) is 84.4 Å². The second kappa shape index (κ2) is 10.8. The minimum atomic E-state index is -0.821. The molecule has 3 amide bonds. The first-order valence-electron chi connectivity index (χ1n) is 11.6. The molecule has 0 aliphatic heterocycles. The highest BCUT2D eigenvalue weighted by Gasteiger charge is 2.43. The molecule has 32 heavy (non-hydrogen) atoms. The number of hydrogen-bond acceptors (Lipinski definition) is 4. The molecule has 0 heterocycles. The van der Waals surface area contributed by atoms with E-state index in [4.69, 9.17) is 4.74 Å². The molecule has 1 saturated carbocycles. The summed E-state index contributed by atoms with van der Waals surface area (Å²) >= 11 is 0. The lowest BCUT2D eigenvalue weighted by Gasteiger charge is -2.35. The summed E-state index contributed by atoms with van der Waals surface area (Å²) in [5, 5.41) is 5.73. The van der Waals surface area contributed by atoms with E-state index in [0.717, 1.165) is 36.8 Å². The largest absolute Gasteiger partial charge is 0.444 e. The topological polar surface area (TPSA) is 87.7 Å². The molecule has 0 radical (unpaired) electrons. The van der Waals surface area contributed by atoms with E-state index >= 15 is 0 Å². The first-order valence-corrected chi connectivity index (χ1v) is 11.6. The number of nitrogens with one attached hydrogen (secondary N) is 2. The van der Waals surface area contributed by atoms with Crippen molar-refractivity contribution in [2.45, 2.75) is 104 Å². The van der Waals surface area contributed by atoms with Gasteiger partial charge in [-0.25, -0.2) is 4.79 Å². The summed E-state index contributed by atoms with van der Waals surface area (Å²) in [6, 6.07) is 6.06. The third-order valence-corrected chi connectivity index (χ3v) is 5.42. The molecule has 0 bridgehead atoms. The van der Waals surface area contributed by atoms with E-state index in [0.29, 0.717) is 0 Å². The van der Waals surface area contributed by atoms with Crippen molar-refractivity contribution in [3.05, 3.63) is 35.4 Å². The molecule has 7 nitrogen and oxygen atoms in total. The lowest BCUT2D eigenvalue weighted by Crippen LogP contribution is -2.53. The van der Waals surface area contributed by atoms with E-state index in [2.05, 4.69) is 17.6 Å². The average molecular weight is 446 g/mol. The SMILES string of the molecule is CCCC(C)NC(=O)C(c1ccccc1C)N(C(=O)C(C)NC(=O)OC(C)(C)C)C1CC1. The Morgan fingerprint density at radius 1 is 1.12 bits per heavy atom. The summed E-state index contributed by atoms with van der Waals surface area (Å²) < 4.78 is 5.31. The van der Waals surface area contributed by atoms with Crippen molar-refractivity contribution in [1.82, 2.24) is 15.5 Å². The molecule has 7 heteroatoms. The third kappa shape index (κ3) is 7.24. The Balaban J connectivity index is 2.33. The Bertz CT molecular complexity index is 814. The summed E-state index contributed by atoms with van der Waals surface area (Å²) in [5.41, 5.74) is 1.09. The molecule has 1 aliphatic rings. The number of carbonyl (C=O) groups is 3. The zero-order valence-corrected chi connectivity index (χ0v) is 20.5. The van der Waals surface area contributed by atoms with Crippen LogP contribution in [0, 0.1) is 6.92 Å². The van der Waals surface area contributed by atoms with Gasteiger partial charge >= 0.3 is 6.09 Å². The normalized spacial score (nSPS) is 16.5. The summed E-state index contributed by atoms with van der Waals surface area (Å²) in [4.78, 5) is 40.9. The average Bonchev–Trinajstić information content (AvgIpc) is 3.49. The number of carbonyl (C=O) groups excluding carboxylic acids is 3. The van der Waals surface area contributed by atoms with Crippen molar-refractivity contribution >= 4 is 17.9 Å². The van der Waals surface area contributed by atoms with Crippen LogP contribution in [0.2, 0.25) is 0 Å². The van der Waals surface area contributed by atoms with Crippen molar-refractivity contribution in [3.8, 4) is 0 Å². The molecular weight excluding hydrogens is 406 g/mol. The molecule has 1 fully saturated rings. The molecule has 3 atom stereocenters. The third-order valence-electron chi connectivity index (χ3n) is 5.42. The molecule has 3 unspecified atom stereocenters. The molecule has 1 aliphatic carbocycles. The van der Waals surface area contributed by atoms with Gasteiger partial charge in [-0.3, -0.25) is 9.59 Å². The predicted octanol–water partition coefficient (Wildman–Crippen LogP) is 4.25. The highest BCUT2D eigenvalue weighted by molar-refractivity contribution is 5.92. The molecule has 0 spiro atoms. The van der Waals surface area contributed by atoms with Crippen molar-refractivity contribution in [2.75, 3.05) is 0 Å². The Morgan fingerprint density at radius 3 is 2.28 bits per heavy atom. The lowest BCUT2D eigenvalue weighted by molar-refractivity contribution is -0.143. The van der Waals surface area contributed by atoms with Gasteiger partial charge in [-0.05, 0) is 71.9 Å². The second-order valence-electron chi connectivity index (χ2n) is 9.80. The summed E-state index contributed by atoms with van der Waals surface area (Å²) in [6.07, 6.45) is 2.84. The molecule has 1 aromatic carbocycles. The van der Waals surface area contributed by atoms with E-state index < -0.39 is 23.8 Å². The predicted molar refractivity (Wildman–Crippen MR) is 125 cm³/mol. The van der Waals surface area contributed by atoms with E-state index in [9.17, 15) is 14.4 Å². The minimum absolute atomic E-state index is 0.00693. The maximum absolute atomic E-state index is 13.5. The number of benzene rings is 1. The van der Waals surface area contributed by atoms with Crippen molar-refractivity contribution in [1.29, 1.82) is 0 Å². The summed E-state index contributed by atoms with van der Waals surface area (Å²) in [6.45, 7) is 12.9. The zero-order valence-electron chi connectivity index (χ0n) is 20.5. The van der Waals surface area contributed by atoms with Crippen molar-refractivity contribution < 1.29 is 19.1 Å². The van der Waals surface area contributed by atoms with Crippen LogP contribution >= 0.6 is 0 Å². The molecule has 0 saturated heterocycles. The fraction of sp³-hybridized carbons (Fsp3) is 0.640. The standard InChI is InChI=1S/C25H39N3O4/c1-8-11-17(3)26-22(29)21(20-13-10-9-12-16(20)2)28(19-14-15-19)23(30)18(4)27-24(31)32-25(5,6)7/h9-10,12-13,17-19,21H,8,11,14-15H2,1-7H3,(H,26,29)(H,27,31). The highest BCUT2D eigenvalue weighted by atomic mass is 16.6. The number of hydrogen-bond donors (Lipinski definition) is 2. The monoisotopic (exact) mass is 445 g/mol. The minimum Gasteiger partial charge on any atom is -0.444 e. The van der Waals surface area contributed by atoms with Crippen LogP contribution in [0.25, 0.3) is 0 Å². The van der Waals surface area contributed by atoms with E-state index in [1.807, 2.05) is 38.1 Å². The van der Waals surface area contributed by atoms with Gasteiger partial charge in [-0.1, -0.05) is 37.6 Å². The number of alkyl carbamates (subject to hydrolysis) is 1. The van der Waals surface area contributed by atoms with Gasteiger partial charge in [0.25, 0.3) is 0 Å². The van der Waals surface area contributed by atoms with Gasteiger partial charge in [0.2, 0.25) is 11.8 Å². The van der Waals surface area contributed by atoms with Gasteiger partial charge in [-0.2, -0.15) is 0 Å². The summed E-state index contributed by atoms with van der Waals surface area (Å²) in [7, 11) is 0. The Kier molecular flexibility index (Phi) is 8.70. The first-order chi connectivity index (χ1) is 14.9. The Morgan fingerprint density at radius 2 is 1.75 bits per heavy atom. The van der Waals surface area contributed by atoms with Gasteiger partial charge in [0.15, 0.2) is 0 Å². The van der Waals surface area contributed by atoms with Crippen molar-refractivity contribution in [3.63, 3.8) is 0 Å². The zero-order chi connectivity index (χ0) is 24.1. The molecule has 178 valence electrons. The van der Waals surface area contributed by atoms with Gasteiger partial charge in [0.1, 0.15) is 17.7 Å². The molecule has 0 aromatic heterocycles. The van der Waals surface area contributed by atoms with Gasteiger partial charge < -0.3 is 20.3 Å². The van der Waals surface area contributed by atoms with Crippen LogP contribution in [0.4, 0.5) is 4.79 Å². The van der Waals surface area contributed by atoms with Gasteiger partial charge in [0, 0.05) is 12.1 Å². The van der Waals surface area contributed by atoms with Gasteiger partial charge in [-0.15, -0.1) is 0 Å². The molecule has 2 N–H and O–H groups in total. The van der Waals surface area contributed by atoms with E-state index in [1.165, 1.54) is 0 Å². The van der Waals surface area contributed by atoms with Crippen LogP contribution in [-0.4, -0.2) is 46.5 Å². The fourth-order valence-corrected chi connectivity index (χ4v) is 3.78. The quantitative estimate of drug-likeness (QED) is 0.595. The van der Waals surface area contributed by atoms with Crippen LogP contribution < -0.4 is 10.6 Å². The number of rotatable bonds is 9. The van der Waals surface area contributed by atoms with E-state index in [-0.39, 0.29) is 23.9 Å². The highest BCUT2D eigenvalue weighted by Crippen LogP contribution is 2.36. The Hall–Kier alpha value is -2.57. The van der Waals surface area contributed by atoms with Crippen molar-refractivity contribution in [2.24, 2.45) is 0 Å². The number of ether oxygens (including phenoxy) is 1. The van der Waals surface area contributed by atoms with Crippen LogP contribution in [0.3, 0.4) is 0 Å². The number of nitrogens with zero attached hydrogens (tertiary/aromatic N) is 1. The smallest absolute Gasteiger partial charge is 0.408 e. The Labute approximate surface area is 192 Å². The molecule has 1 aromatic rings. The number of amides is 3. The second-order valence-corrected chi connectivity index (χ2v) is 9.80. The maximum atomic E-state index is 13.5. The molecule has 2 rings (SSSR count). The van der Waals surface area contributed by atoms with Crippen LogP contribution in [0.5, 0.6) is 0 Å².